The smallest absolute Gasteiger partial charge is 0.240 e. The van der Waals surface area contributed by atoms with Crippen LogP contribution in [-0.4, -0.2) is 39.0 Å². The molecule has 0 radical (unpaired) electrons. The van der Waals surface area contributed by atoms with Gasteiger partial charge in [0.2, 0.25) is 18.6 Å². The number of ether oxygens (including phenoxy) is 2. The Hall–Kier alpha value is -3.50. The second kappa shape index (κ2) is 11.1. The minimum atomic E-state index is -0.255. The van der Waals surface area contributed by atoms with Crippen molar-refractivity contribution in [2.45, 2.75) is 38.3 Å². The SMILES string of the molecule is Cc1ccc(CNC(=O)Cn2c(CO)cnc2SCC(=O)NCc2ccc3c(c2)OCO3)cc1. The van der Waals surface area contributed by atoms with Gasteiger partial charge in [-0.15, -0.1) is 0 Å². The van der Waals surface area contributed by atoms with Gasteiger partial charge in [-0.3, -0.25) is 9.59 Å². The zero-order chi connectivity index (χ0) is 23.9. The minimum absolute atomic E-state index is 0.00288. The van der Waals surface area contributed by atoms with Crippen molar-refractivity contribution in [2.24, 2.45) is 0 Å². The molecular formula is C24H26N4O5S. The molecule has 2 aromatic carbocycles. The number of rotatable bonds is 10. The molecule has 0 atom stereocenters. The number of fused-ring (bicyclic) bond motifs is 1. The van der Waals surface area contributed by atoms with Gasteiger partial charge in [0, 0.05) is 13.1 Å². The summed E-state index contributed by atoms with van der Waals surface area (Å²) in [5.41, 5.74) is 3.56. The maximum absolute atomic E-state index is 12.5. The summed E-state index contributed by atoms with van der Waals surface area (Å²) in [5.74, 6) is 1.10. The highest BCUT2D eigenvalue weighted by atomic mass is 32.2. The van der Waals surface area contributed by atoms with E-state index >= 15 is 0 Å². The second-order valence-electron chi connectivity index (χ2n) is 7.79. The Bertz CT molecular complexity index is 1160. The maximum atomic E-state index is 12.5. The fourth-order valence-electron chi connectivity index (χ4n) is 3.34. The number of benzene rings is 2. The van der Waals surface area contributed by atoms with Gasteiger partial charge < -0.3 is 29.8 Å². The van der Waals surface area contributed by atoms with E-state index in [9.17, 15) is 14.7 Å². The van der Waals surface area contributed by atoms with Gasteiger partial charge in [-0.25, -0.2) is 4.98 Å². The number of aromatic nitrogens is 2. The Balaban J connectivity index is 1.28. The molecule has 0 aliphatic carbocycles. The van der Waals surface area contributed by atoms with Crippen molar-refractivity contribution >= 4 is 23.6 Å². The standard InChI is InChI=1S/C24H26N4O5S/c1-16-2-4-17(5-3-16)9-25-22(30)12-28-19(13-29)11-27-24(28)34-14-23(31)26-10-18-6-7-20-21(8-18)33-15-32-20/h2-8,11,29H,9-10,12-15H2,1H3,(H,25,30)(H,26,31). The average molecular weight is 483 g/mol. The number of hydrogen-bond acceptors (Lipinski definition) is 7. The van der Waals surface area contributed by atoms with Gasteiger partial charge in [-0.2, -0.15) is 0 Å². The van der Waals surface area contributed by atoms with Crippen molar-refractivity contribution < 1.29 is 24.2 Å². The van der Waals surface area contributed by atoms with E-state index in [-0.39, 0.29) is 37.5 Å². The molecule has 10 heteroatoms. The first kappa shape index (κ1) is 23.7. The zero-order valence-corrected chi connectivity index (χ0v) is 19.6. The summed E-state index contributed by atoms with van der Waals surface area (Å²) in [6, 6.07) is 13.4. The maximum Gasteiger partial charge on any atom is 0.240 e. The summed E-state index contributed by atoms with van der Waals surface area (Å²) in [6.45, 7) is 2.72. The molecule has 3 N–H and O–H groups in total. The van der Waals surface area contributed by atoms with Crippen LogP contribution >= 0.6 is 11.8 Å². The quantitative estimate of drug-likeness (QED) is 0.379. The minimum Gasteiger partial charge on any atom is -0.454 e. The van der Waals surface area contributed by atoms with Gasteiger partial charge in [-0.05, 0) is 30.2 Å². The molecule has 1 aliphatic rings. The fourth-order valence-corrected chi connectivity index (χ4v) is 4.17. The van der Waals surface area contributed by atoms with Crippen LogP contribution in [0.25, 0.3) is 0 Å². The van der Waals surface area contributed by atoms with Gasteiger partial charge in [0.05, 0.1) is 24.3 Å². The molecule has 1 aliphatic heterocycles. The van der Waals surface area contributed by atoms with Crippen LogP contribution in [0.4, 0.5) is 0 Å². The first-order chi connectivity index (χ1) is 16.5. The number of thioether (sulfide) groups is 1. The predicted molar refractivity (Wildman–Crippen MR) is 126 cm³/mol. The van der Waals surface area contributed by atoms with Crippen LogP contribution in [0.5, 0.6) is 11.5 Å². The van der Waals surface area contributed by atoms with Gasteiger partial charge in [0.1, 0.15) is 6.54 Å². The monoisotopic (exact) mass is 482 g/mol. The van der Waals surface area contributed by atoms with E-state index in [1.54, 1.807) is 4.57 Å². The molecule has 2 amide bonds. The average Bonchev–Trinajstić information content (AvgIpc) is 3.47. The molecule has 0 unspecified atom stereocenters. The molecule has 0 bridgehead atoms. The van der Waals surface area contributed by atoms with Crippen molar-refractivity contribution in [3.63, 3.8) is 0 Å². The molecule has 3 aromatic rings. The highest BCUT2D eigenvalue weighted by Crippen LogP contribution is 2.32. The van der Waals surface area contributed by atoms with Crippen molar-refractivity contribution in [1.29, 1.82) is 0 Å². The topological polar surface area (TPSA) is 115 Å². The van der Waals surface area contributed by atoms with E-state index < -0.39 is 0 Å². The predicted octanol–water partition coefficient (Wildman–Crippen LogP) is 2.14. The van der Waals surface area contributed by atoms with Crippen molar-refractivity contribution in [1.82, 2.24) is 20.2 Å². The number of imidazole rings is 1. The summed E-state index contributed by atoms with van der Waals surface area (Å²) >= 11 is 1.21. The molecule has 178 valence electrons. The van der Waals surface area contributed by atoms with Gasteiger partial charge >= 0.3 is 0 Å². The molecule has 9 nitrogen and oxygen atoms in total. The van der Waals surface area contributed by atoms with E-state index in [1.807, 2.05) is 49.4 Å². The number of amides is 2. The number of carbonyl (C=O) groups is 2. The van der Waals surface area contributed by atoms with E-state index in [0.717, 1.165) is 16.7 Å². The normalized spacial score (nSPS) is 11.9. The number of aryl methyl sites for hydroxylation is 1. The lowest BCUT2D eigenvalue weighted by molar-refractivity contribution is -0.122. The summed E-state index contributed by atoms with van der Waals surface area (Å²) < 4.78 is 12.3. The Morgan fingerprint density at radius 3 is 2.53 bits per heavy atom. The third-order valence-electron chi connectivity index (χ3n) is 5.23. The van der Waals surface area contributed by atoms with Crippen LogP contribution in [-0.2, 0) is 35.8 Å². The van der Waals surface area contributed by atoms with Gasteiger partial charge in [0.25, 0.3) is 0 Å². The number of carbonyl (C=O) groups excluding carboxylic acids is 2. The fraction of sp³-hybridized carbons (Fsp3) is 0.292. The van der Waals surface area contributed by atoms with Crippen molar-refractivity contribution in [3.05, 3.63) is 71.0 Å². The van der Waals surface area contributed by atoms with Gasteiger partial charge in [0.15, 0.2) is 16.7 Å². The molecule has 0 fully saturated rings. The number of aliphatic hydroxyl groups is 1. The molecule has 0 saturated heterocycles. The summed E-state index contributed by atoms with van der Waals surface area (Å²) in [6.07, 6.45) is 1.51. The number of nitrogens with zero attached hydrogens (tertiary/aromatic N) is 2. The lowest BCUT2D eigenvalue weighted by Gasteiger charge is -2.11. The molecule has 2 heterocycles. The Kier molecular flexibility index (Phi) is 7.71. The first-order valence-electron chi connectivity index (χ1n) is 10.8. The first-order valence-corrected chi connectivity index (χ1v) is 11.8. The van der Waals surface area contributed by atoms with E-state index in [1.165, 1.54) is 18.0 Å². The lowest BCUT2D eigenvalue weighted by Crippen LogP contribution is -2.28. The highest BCUT2D eigenvalue weighted by molar-refractivity contribution is 7.99. The number of aliphatic hydroxyl groups excluding tert-OH is 1. The van der Waals surface area contributed by atoms with Crippen molar-refractivity contribution in [3.8, 4) is 11.5 Å². The lowest BCUT2D eigenvalue weighted by atomic mass is 10.1. The molecule has 34 heavy (non-hydrogen) atoms. The van der Waals surface area contributed by atoms with Crippen LogP contribution in [0.1, 0.15) is 22.4 Å². The molecule has 0 saturated carbocycles. The van der Waals surface area contributed by atoms with Gasteiger partial charge in [-0.1, -0.05) is 47.7 Å². The molecule has 4 rings (SSSR count). The third-order valence-corrected chi connectivity index (χ3v) is 6.23. The molecular weight excluding hydrogens is 456 g/mol. The Labute approximate surface area is 201 Å². The van der Waals surface area contributed by atoms with Crippen LogP contribution in [0.15, 0.2) is 53.8 Å². The van der Waals surface area contributed by atoms with Crippen molar-refractivity contribution in [2.75, 3.05) is 12.5 Å². The Morgan fingerprint density at radius 1 is 1.03 bits per heavy atom. The summed E-state index contributed by atoms with van der Waals surface area (Å²) in [7, 11) is 0. The Morgan fingerprint density at radius 2 is 1.74 bits per heavy atom. The summed E-state index contributed by atoms with van der Waals surface area (Å²) in [4.78, 5) is 29.1. The van der Waals surface area contributed by atoms with Crippen LogP contribution in [0, 0.1) is 6.92 Å². The molecule has 0 spiro atoms. The van der Waals surface area contributed by atoms with Crippen LogP contribution in [0.2, 0.25) is 0 Å². The van der Waals surface area contributed by atoms with Crippen LogP contribution in [0.3, 0.4) is 0 Å². The summed E-state index contributed by atoms with van der Waals surface area (Å²) in [5, 5.41) is 15.9. The zero-order valence-electron chi connectivity index (χ0n) is 18.7. The largest absolute Gasteiger partial charge is 0.454 e. The van der Waals surface area contributed by atoms with E-state index in [4.69, 9.17) is 9.47 Å². The third kappa shape index (κ3) is 6.09. The van der Waals surface area contributed by atoms with E-state index in [0.29, 0.717) is 35.4 Å². The number of hydrogen-bond donors (Lipinski definition) is 3. The van der Waals surface area contributed by atoms with Crippen LogP contribution < -0.4 is 20.1 Å². The van der Waals surface area contributed by atoms with E-state index in [2.05, 4.69) is 15.6 Å². The highest BCUT2D eigenvalue weighted by Gasteiger charge is 2.16. The number of nitrogens with one attached hydrogen (secondary N) is 2. The molecule has 1 aromatic heterocycles. The second-order valence-corrected chi connectivity index (χ2v) is 8.73.